The number of phosphoric acid groups is 1. The normalized spacial score (nSPS) is 14.0. The molecule has 0 radical (unpaired) electrons. The van der Waals surface area contributed by atoms with Crippen LogP contribution in [0.4, 0.5) is 0 Å². The smallest absolute Gasteiger partial charge is 0.472 e. The SMILES string of the molecule is CCCCC/C=C\CCCCCCCC(=O)OC(COCCCCCCCCCCCCCCCCCCCCCCC)COP(=O)(O)OCC(N)C(=O)O. The second-order valence-electron chi connectivity index (χ2n) is 15.5. The van der Waals surface area contributed by atoms with Crippen molar-refractivity contribution in [1.82, 2.24) is 0 Å². The van der Waals surface area contributed by atoms with E-state index in [1.807, 2.05) is 0 Å². The van der Waals surface area contributed by atoms with Crippen molar-refractivity contribution < 1.29 is 42.7 Å². The van der Waals surface area contributed by atoms with Crippen LogP contribution in [0.1, 0.15) is 219 Å². The Kier molecular flexibility index (Phi) is 39.9. The van der Waals surface area contributed by atoms with Crippen LogP contribution in [0.25, 0.3) is 0 Å². The Balaban J connectivity index is 4.11. The Bertz CT molecular complexity index is 935. The number of hydrogen-bond acceptors (Lipinski definition) is 8. The molecule has 0 aliphatic rings. The molecule has 0 rings (SSSR count). The summed E-state index contributed by atoms with van der Waals surface area (Å²) in [6, 6.07) is -1.47. The number of ether oxygens (including phenoxy) is 2. The first-order chi connectivity index (χ1) is 26.7. The number of carbonyl (C=O) groups excluding carboxylic acids is 1. The highest BCUT2D eigenvalue weighted by Gasteiger charge is 2.27. The predicted molar refractivity (Wildman–Crippen MR) is 226 cm³/mol. The number of esters is 1. The van der Waals surface area contributed by atoms with Gasteiger partial charge in [-0.2, -0.15) is 0 Å². The van der Waals surface area contributed by atoms with E-state index >= 15 is 0 Å². The Morgan fingerprint density at radius 1 is 0.564 bits per heavy atom. The lowest BCUT2D eigenvalue weighted by atomic mass is 10.0. The van der Waals surface area contributed by atoms with Gasteiger partial charge in [-0.15, -0.1) is 0 Å². The van der Waals surface area contributed by atoms with Crippen molar-refractivity contribution in [1.29, 1.82) is 0 Å². The monoisotopic (exact) mass is 804 g/mol. The highest BCUT2D eigenvalue weighted by atomic mass is 31.2. The van der Waals surface area contributed by atoms with Crippen molar-refractivity contribution >= 4 is 19.8 Å². The van der Waals surface area contributed by atoms with E-state index in [0.29, 0.717) is 13.0 Å². The Morgan fingerprint density at radius 3 is 1.42 bits per heavy atom. The summed E-state index contributed by atoms with van der Waals surface area (Å²) in [5, 5.41) is 8.89. The van der Waals surface area contributed by atoms with E-state index in [2.05, 4.69) is 26.0 Å². The second kappa shape index (κ2) is 40.9. The number of allylic oxidation sites excluding steroid dienone is 2. The van der Waals surface area contributed by atoms with Crippen LogP contribution in [-0.4, -0.2) is 60.5 Å². The van der Waals surface area contributed by atoms with E-state index in [0.717, 1.165) is 57.8 Å². The summed E-state index contributed by atoms with van der Waals surface area (Å²) in [5.74, 6) is -1.78. The van der Waals surface area contributed by atoms with E-state index in [1.165, 1.54) is 135 Å². The lowest BCUT2D eigenvalue weighted by Gasteiger charge is -2.20. The minimum Gasteiger partial charge on any atom is -0.480 e. The van der Waals surface area contributed by atoms with Gasteiger partial charge in [-0.3, -0.25) is 18.6 Å². The van der Waals surface area contributed by atoms with Gasteiger partial charge in [0.25, 0.3) is 0 Å². The maximum Gasteiger partial charge on any atom is 0.472 e. The molecule has 11 heteroatoms. The summed E-state index contributed by atoms with van der Waals surface area (Å²) in [6.45, 7) is 3.88. The first kappa shape index (κ1) is 53.7. The molecule has 0 amide bonds. The molecule has 0 aromatic heterocycles. The molecule has 10 nitrogen and oxygen atoms in total. The quantitative estimate of drug-likeness (QED) is 0.0235. The zero-order chi connectivity index (χ0) is 40.5. The predicted octanol–water partition coefficient (Wildman–Crippen LogP) is 12.5. The zero-order valence-electron chi connectivity index (χ0n) is 35.5. The number of unbranched alkanes of at least 4 members (excludes halogenated alkanes) is 28. The van der Waals surface area contributed by atoms with E-state index in [4.69, 9.17) is 29.4 Å². The van der Waals surface area contributed by atoms with Gasteiger partial charge in [0.15, 0.2) is 0 Å². The number of carboxylic acid groups (broad SMARTS) is 1. The summed E-state index contributed by atoms with van der Waals surface area (Å²) in [5.41, 5.74) is 5.35. The molecule has 0 spiro atoms. The molecule has 4 N–H and O–H groups in total. The van der Waals surface area contributed by atoms with Crippen LogP contribution in [0.2, 0.25) is 0 Å². The number of aliphatic carboxylic acids is 1. The van der Waals surface area contributed by atoms with Crippen LogP contribution in [0, 0.1) is 0 Å². The van der Waals surface area contributed by atoms with Crippen LogP contribution in [-0.2, 0) is 32.7 Å². The topological polar surface area (TPSA) is 155 Å². The van der Waals surface area contributed by atoms with Crippen LogP contribution < -0.4 is 5.73 Å². The highest BCUT2D eigenvalue weighted by molar-refractivity contribution is 7.47. The van der Waals surface area contributed by atoms with E-state index < -0.39 is 45.1 Å². The third kappa shape index (κ3) is 40.7. The average molecular weight is 804 g/mol. The van der Waals surface area contributed by atoms with Crippen molar-refractivity contribution in [3.63, 3.8) is 0 Å². The molecule has 0 heterocycles. The molecule has 0 fully saturated rings. The summed E-state index contributed by atoms with van der Waals surface area (Å²) in [6.07, 6.45) is 42.7. The number of rotatable bonds is 44. The van der Waals surface area contributed by atoms with Crippen molar-refractivity contribution in [2.45, 2.75) is 231 Å². The third-order valence-corrected chi connectivity index (χ3v) is 11.0. The Labute approximate surface area is 337 Å². The fourth-order valence-corrected chi connectivity index (χ4v) is 7.26. The van der Waals surface area contributed by atoms with E-state index in [-0.39, 0.29) is 13.0 Å². The molecule has 0 aromatic rings. The van der Waals surface area contributed by atoms with Gasteiger partial charge in [-0.1, -0.05) is 187 Å². The van der Waals surface area contributed by atoms with E-state index in [1.54, 1.807) is 0 Å². The van der Waals surface area contributed by atoms with Gasteiger partial charge in [0, 0.05) is 13.0 Å². The maximum atomic E-state index is 12.6. The standard InChI is InChI=1S/C44H86NO9P/c1-3-5-7-9-11-13-15-17-18-19-20-21-22-23-24-25-27-29-31-33-35-37-51-38-41(39-52-55(49,50)53-40-42(45)44(47)48)54-43(46)36-34-32-30-28-26-16-14-12-10-8-6-4-2/h12,14,41-42H,3-11,13,15-40,45H2,1-2H3,(H,47,48)(H,49,50)/b14-12-. The van der Waals surface area contributed by atoms with Gasteiger partial charge in [0.05, 0.1) is 19.8 Å². The number of hydrogen-bond donors (Lipinski definition) is 3. The fraction of sp³-hybridized carbons (Fsp3) is 0.909. The molecule has 3 unspecified atom stereocenters. The van der Waals surface area contributed by atoms with Crippen LogP contribution in [0.15, 0.2) is 12.2 Å². The van der Waals surface area contributed by atoms with Crippen molar-refractivity contribution in [2.75, 3.05) is 26.4 Å². The van der Waals surface area contributed by atoms with Crippen molar-refractivity contribution in [3.05, 3.63) is 12.2 Å². The third-order valence-electron chi connectivity index (χ3n) is 10.0. The van der Waals surface area contributed by atoms with E-state index in [9.17, 15) is 19.0 Å². The van der Waals surface area contributed by atoms with Gasteiger partial charge in [0.2, 0.25) is 0 Å². The lowest BCUT2D eigenvalue weighted by Crippen LogP contribution is -2.34. The van der Waals surface area contributed by atoms with Crippen LogP contribution in [0.5, 0.6) is 0 Å². The summed E-state index contributed by atoms with van der Waals surface area (Å²) >= 11 is 0. The molecule has 0 bridgehead atoms. The molecule has 0 aromatic carbocycles. The highest BCUT2D eigenvalue weighted by Crippen LogP contribution is 2.43. The van der Waals surface area contributed by atoms with Crippen LogP contribution >= 0.6 is 7.82 Å². The number of nitrogens with two attached hydrogens (primary N) is 1. The lowest BCUT2D eigenvalue weighted by molar-refractivity contribution is -0.154. The Morgan fingerprint density at radius 2 is 0.945 bits per heavy atom. The Hall–Kier alpha value is -1.29. The molecular formula is C44H86NO9P. The summed E-state index contributed by atoms with van der Waals surface area (Å²) in [7, 11) is -4.61. The second-order valence-corrected chi connectivity index (χ2v) is 17.0. The average Bonchev–Trinajstić information content (AvgIpc) is 3.16. The molecule has 0 saturated carbocycles. The summed E-state index contributed by atoms with van der Waals surface area (Å²) in [4.78, 5) is 33.5. The molecule has 3 atom stereocenters. The van der Waals surface area contributed by atoms with Gasteiger partial charge < -0.3 is 25.2 Å². The van der Waals surface area contributed by atoms with Gasteiger partial charge in [-0.05, 0) is 38.5 Å². The zero-order valence-corrected chi connectivity index (χ0v) is 36.4. The van der Waals surface area contributed by atoms with Crippen molar-refractivity contribution in [2.24, 2.45) is 5.73 Å². The van der Waals surface area contributed by atoms with Gasteiger partial charge in [0.1, 0.15) is 12.1 Å². The minimum absolute atomic E-state index is 0.0194. The fourth-order valence-electron chi connectivity index (χ4n) is 6.48. The molecular weight excluding hydrogens is 717 g/mol. The minimum atomic E-state index is -4.61. The number of carbonyl (C=O) groups is 2. The first-order valence-corrected chi connectivity index (χ1v) is 24.2. The largest absolute Gasteiger partial charge is 0.480 e. The van der Waals surface area contributed by atoms with Gasteiger partial charge >= 0.3 is 19.8 Å². The molecule has 0 aliphatic heterocycles. The first-order valence-electron chi connectivity index (χ1n) is 22.7. The maximum absolute atomic E-state index is 12.6. The van der Waals surface area contributed by atoms with Gasteiger partial charge in [-0.25, -0.2) is 4.57 Å². The van der Waals surface area contributed by atoms with Crippen molar-refractivity contribution in [3.8, 4) is 0 Å². The molecule has 55 heavy (non-hydrogen) atoms. The number of phosphoric ester groups is 1. The van der Waals surface area contributed by atoms with Crippen LogP contribution in [0.3, 0.4) is 0 Å². The summed E-state index contributed by atoms with van der Waals surface area (Å²) < 4.78 is 33.3. The molecule has 326 valence electrons. The molecule has 0 aliphatic carbocycles. The molecule has 0 saturated heterocycles. The number of carboxylic acids is 1.